The number of nitrogens with one attached hydrogen (secondary N) is 2. The van der Waals surface area contributed by atoms with Gasteiger partial charge in [0.05, 0.1) is 5.69 Å². The number of hydrogen-bond acceptors (Lipinski definition) is 4. The first-order chi connectivity index (χ1) is 8.20. The number of carbonyl (C=O) groups is 2. The third-order valence-electron chi connectivity index (χ3n) is 2.21. The van der Waals surface area contributed by atoms with Crippen LogP contribution in [-0.4, -0.2) is 28.1 Å². The number of carbonyl (C=O) groups excluding carboxylic acids is 1. The summed E-state index contributed by atoms with van der Waals surface area (Å²) in [6, 6.07) is -1.51. The first kappa shape index (κ1) is 14.4. The Labute approximate surface area is 109 Å². The maximum absolute atomic E-state index is 11.5. The largest absolute Gasteiger partial charge is 0.480 e. The van der Waals surface area contributed by atoms with Gasteiger partial charge in [-0.15, -0.1) is 11.3 Å². The SMILES string of the molecule is CC(NC(=O)Nc1nc(C(C)(C)C)cs1)C(=O)O. The van der Waals surface area contributed by atoms with E-state index >= 15 is 0 Å². The highest BCUT2D eigenvalue weighted by molar-refractivity contribution is 7.13. The second kappa shape index (κ2) is 5.34. The molecule has 0 radical (unpaired) electrons. The summed E-state index contributed by atoms with van der Waals surface area (Å²) >= 11 is 1.31. The predicted octanol–water partition coefficient (Wildman–Crippen LogP) is 2.04. The fourth-order valence-corrected chi connectivity index (χ4v) is 2.00. The lowest BCUT2D eigenvalue weighted by Crippen LogP contribution is -2.40. The molecule has 100 valence electrons. The van der Waals surface area contributed by atoms with Gasteiger partial charge in [-0.3, -0.25) is 10.1 Å². The van der Waals surface area contributed by atoms with Gasteiger partial charge in [-0.25, -0.2) is 9.78 Å². The number of aliphatic carboxylic acids is 1. The molecule has 0 saturated carbocycles. The van der Waals surface area contributed by atoms with E-state index in [9.17, 15) is 9.59 Å². The molecule has 2 amide bonds. The van der Waals surface area contributed by atoms with Crippen molar-refractivity contribution in [1.82, 2.24) is 10.3 Å². The summed E-state index contributed by atoms with van der Waals surface area (Å²) in [6.07, 6.45) is 0. The van der Waals surface area contributed by atoms with Crippen LogP contribution in [0.25, 0.3) is 0 Å². The number of carboxylic acids is 1. The number of thiazole rings is 1. The van der Waals surface area contributed by atoms with Crippen LogP contribution in [0.2, 0.25) is 0 Å². The fraction of sp³-hybridized carbons (Fsp3) is 0.545. The molecule has 0 aromatic carbocycles. The first-order valence-electron chi connectivity index (χ1n) is 5.46. The van der Waals surface area contributed by atoms with Crippen molar-refractivity contribution in [2.75, 3.05) is 5.32 Å². The molecule has 0 saturated heterocycles. The third kappa shape index (κ3) is 3.99. The highest BCUT2D eigenvalue weighted by Crippen LogP contribution is 2.26. The van der Waals surface area contributed by atoms with Crippen molar-refractivity contribution in [2.45, 2.75) is 39.2 Å². The number of aromatic nitrogens is 1. The molecule has 18 heavy (non-hydrogen) atoms. The van der Waals surface area contributed by atoms with E-state index in [1.54, 1.807) is 0 Å². The molecule has 1 aromatic rings. The van der Waals surface area contributed by atoms with Gasteiger partial charge >= 0.3 is 12.0 Å². The topological polar surface area (TPSA) is 91.3 Å². The van der Waals surface area contributed by atoms with Crippen LogP contribution < -0.4 is 10.6 Å². The summed E-state index contributed by atoms with van der Waals surface area (Å²) in [5.41, 5.74) is 0.801. The number of nitrogens with zero attached hydrogens (tertiary/aromatic N) is 1. The summed E-state index contributed by atoms with van der Waals surface area (Å²) in [6.45, 7) is 7.47. The molecule has 6 nitrogen and oxygen atoms in total. The Morgan fingerprint density at radius 1 is 1.44 bits per heavy atom. The Balaban J connectivity index is 2.60. The summed E-state index contributed by atoms with van der Waals surface area (Å²) < 4.78 is 0. The summed E-state index contributed by atoms with van der Waals surface area (Å²) in [7, 11) is 0. The lowest BCUT2D eigenvalue weighted by molar-refractivity contribution is -0.138. The van der Waals surface area contributed by atoms with Crippen molar-refractivity contribution in [1.29, 1.82) is 0 Å². The van der Waals surface area contributed by atoms with Crippen LogP contribution in [0, 0.1) is 0 Å². The van der Waals surface area contributed by atoms with E-state index in [1.165, 1.54) is 18.3 Å². The Morgan fingerprint density at radius 2 is 2.06 bits per heavy atom. The van der Waals surface area contributed by atoms with Crippen molar-refractivity contribution in [3.8, 4) is 0 Å². The zero-order valence-corrected chi connectivity index (χ0v) is 11.6. The minimum absolute atomic E-state index is 0.0821. The molecule has 0 spiro atoms. The Morgan fingerprint density at radius 3 is 2.50 bits per heavy atom. The average molecular weight is 271 g/mol. The van der Waals surface area contributed by atoms with Gasteiger partial charge in [-0.1, -0.05) is 20.8 Å². The van der Waals surface area contributed by atoms with E-state index in [2.05, 4.69) is 15.6 Å². The van der Waals surface area contributed by atoms with Gasteiger partial charge in [-0.2, -0.15) is 0 Å². The van der Waals surface area contributed by atoms with Gasteiger partial charge in [0, 0.05) is 10.8 Å². The van der Waals surface area contributed by atoms with Crippen molar-refractivity contribution in [3.63, 3.8) is 0 Å². The lowest BCUT2D eigenvalue weighted by Gasteiger charge is -2.14. The average Bonchev–Trinajstić information content (AvgIpc) is 2.64. The number of urea groups is 1. The number of carboxylic acid groups (broad SMARTS) is 1. The standard InChI is InChI=1S/C11H17N3O3S/c1-6(8(15)16)12-9(17)14-10-13-7(5-18-10)11(2,3)4/h5-6H,1-4H3,(H,15,16)(H2,12,13,14,17). The molecule has 1 atom stereocenters. The predicted molar refractivity (Wildman–Crippen MR) is 70.1 cm³/mol. The molecule has 1 rings (SSSR count). The van der Waals surface area contributed by atoms with Crippen molar-refractivity contribution in [3.05, 3.63) is 11.1 Å². The van der Waals surface area contributed by atoms with Crippen LogP contribution in [-0.2, 0) is 10.2 Å². The summed E-state index contributed by atoms with van der Waals surface area (Å²) in [5, 5.41) is 15.8. The smallest absolute Gasteiger partial charge is 0.325 e. The maximum Gasteiger partial charge on any atom is 0.325 e. The van der Waals surface area contributed by atoms with Crippen molar-refractivity contribution in [2.24, 2.45) is 0 Å². The van der Waals surface area contributed by atoms with E-state index in [4.69, 9.17) is 5.11 Å². The second-order valence-corrected chi connectivity index (χ2v) is 5.80. The molecule has 0 aliphatic heterocycles. The summed E-state index contributed by atoms with van der Waals surface area (Å²) in [5.74, 6) is -1.08. The quantitative estimate of drug-likeness (QED) is 0.784. The lowest BCUT2D eigenvalue weighted by atomic mass is 9.93. The van der Waals surface area contributed by atoms with Crippen LogP contribution in [0.1, 0.15) is 33.4 Å². The van der Waals surface area contributed by atoms with Gasteiger partial charge in [0.1, 0.15) is 6.04 Å². The van der Waals surface area contributed by atoms with Crippen LogP contribution in [0.3, 0.4) is 0 Å². The number of amides is 2. The van der Waals surface area contributed by atoms with Gasteiger partial charge in [0.25, 0.3) is 0 Å². The Kier molecular flexibility index (Phi) is 4.28. The highest BCUT2D eigenvalue weighted by atomic mass is 32.1. The molecule has 3 N–H and O–H groups in total. The van der Waals surface area contributed by atoms with E-state index in [0.29, 0.717) is 5.13 Å². The van der Waals surface area contributed by atoms with Crippen molar-refractivity contribution >= 4 is 28.5 Å². The summed E-state index contributed by atoms with van der Waals surface area (Å²) in [4.78, 5) is 26.3. The second-order valence-electron chi connectivity index (χ2n) is 4.95. The minimum Gasteiger partial charge on any atom is -0.480 e. The van der Waals surface area contributed by atoms with Crippen LogP contribution in [0.5, 0.6) is 0 Å². The molecule has 1 unspecified atom stereocenters. The van der Waals surface area contributed by atoms with E-state index in [-0.39, 0.29) is 5.41 Å². The molecular formula is C11H17N3O3S. The maximum atomic E-state index is 11.5. The Bertz CT molecular complexity index is 451. The Hall–Kier alpha value is -1.63. The minimum atomic E-state index is -1.08. The molecule has 0 bridgehead atoms. The normalized spacial score (nSPS) is 12.9. The monoisotopic (exact) mass is 271 g/mol. The third-order valence-corrected chi connectivity index (χ3v) is 2.97. The van der Waals surface area contributed by atoms with Gasteiger partial charge in [0.2, 0.25) is 0 Å². The zero-order valence-electron chi connectivity index (χ0n) is 10.8. The number of hydrogen-bond donors (Lipinski definition) is 3. The highest BCUT2D eigenvalue weighted by Gasteiger charge is 2.19. The van der Waals surface area contributed by atoms with Gasteiger partial charge < -0.3 is 10.4 Å². The van der Waals surface area contributed by atoms with Crippen LogP contribution in [0.4, 0.5) is 9.93 Å². The molecule has 0 fully saturated rings. The van der Waals surface area contributed by atoms with Crippen LogP contribution >= 0.6 is 11.3 Å². The van der Waals surface area contributed by atoms with Gasteiger partial charge in [0.15, 0.2) is 5.13 Å². The van der Waals surface area contributed by atoms with E-state index in [0.717, 1.165) is 5.69 Å². The first-order valence-corrected chi connectivity index (χ1v) is 6.34. The zero-order chi connectivity index (χ0) is 13.9. The molecule has 1 heterocycles. The van der Waals surface area contributed by atoms with Crippen molar-refractivity contribution < 1.29 is 14.7 Å². The number of anilines is 1. The molecular weight excluding hydrogens is 254 g/mol. The van der Waals surface area contributed by atoms with E-state index in [1.807, 2.05) is 26.2 Å². The molecule has 7 heteroatoms. The van der Waals surface area contributed by atoms with E-state index < -0.39 is 18.0 Å². The fourth-order valence-electron chi connectivity index (χ4n) is 1.07. The molecule has 0 aliphatic rings. The molecule has 0 aliphatic carbocycles. The number of rotatable bonds is 3. The van der Waals surface area contributed by atoms with Gasteiger partial charge in [-0.05, 0) is 6.92 Å². The molecule has 1 aromatic heterocycles. The van der Waals surface area contributed by atoms with Crippen LogP contribution in [0.15, 0.2) is 5.38 Å².